The molecule has 0 saturated heterocycles. The van der Waals surface area contributed by atoms with Gasteiger partial charge in [-0.3, -0.25) is 0 Å². The Morgan fingerprint density at radius 3 is 2.67 bits per heavy atom. The third-order valence-electron chi connectivity index (χ3n) is 3.20. The van der Waals surface area contributed by atoms with Crippen LogP contribution in [0, 0.1) is 0 Å². The van der Waals surface area contributed by atoms with Crippen LogP contribution in [0.25, 0.3) is 11.0 Å². The highest BCUT2D eigenvalue weighted by Crippen LogP contribution is 2.22. The van der Waals surface area contributed by atoms with Crippen molar-refractivity contribution in [3.63, 3.8) is 0 Å². The molecular weight excluding hydrogens is 250 g/mol. The molecule has 0 aliphatic heterocycles. The number of anilines is 1. The first-order chi connectivity index (χ1) is 8.21. The van der Waals surface area contributed by atoms with E-state index in [2.05, 4.69) is 4.98 Å². The lowest BCUT2D eigenvalue weighted by Gasteiger charge is -2.23. The lowest BCUT2D eigenvalue weighted by Crippen LogP contribution is -2.35. The van der Waals surface area contributed by atoms with Gasteiger partial charge in [-0.1, -0.05) is 0 Å². The van der Waals surface area contributed by atoms with Crippen molar-refractivity contribution in [3.05, 3.63) is 24.5 Å². The number of sulfone groups is 1. The number of nitrogens with zero attached hydrogens (tertiary/aromatic N) is 2. The summed E-state index contributed by atoms with van der Waals surface area (Å²) in [5.41, 5.74) is 8.00. The summed E-state index contributed by atoms with van der Waals surface area (Å²) >= 11 is 0. The maximum absolute atomic E-state index is 11.7. The van der Waals surface area contributed by atoms with Crippen molar-refractivity contribution in [3.8, 4) is 0 Å². The second kappa shape index (κ2) is 3.98. The lowest BCUT2D eigenvalue weighted by molar-refractivity contribution is 0.508. The normalized spacial score (nSPS) is 13.1. The summed E-state index contributed by atoms with van der Waals surface area (Å²) < 4.78 is 24.4. The van der Waals surface area contributed by atoms with Crippen LogP contribution in [0.1, 0.15) is 13.8 Å². The summed E-state index contributed by atoms with van der Waals surface area (Å²) in [6, 6.07) is 5.42. The summed E-state index contributed by atoms with van der Waals surface area (Å²) in [5, 5.41) is 0. The van der Waals surface area contributed by atoms with E-state index in [0.717, 1.165) is 11.0 Å². The van der Waals surface area contributed by atoms with Crippen molar-refractivity contribution >= 4 is 26.6 Å². The van der Waals surface area contributed by atoms with Gasteiger partial charge in [-0.05, 0) is 32.0 Å². The first kappa shape index (κ1) is 12.9. The predicted octanol–water partition coefficient (Wildman–Crippen LogP) is 1.44. The number of nitrogen functional groups attached to an aromatic ring is 1. The van der Waals surface area contributed by atoms with Gasteiger partial charge in [0.05, 0.1) is 22.1 Å². The molecule has 0 amide bonds. The molecule has 18 heavy (non-hydrogen) atoms. The number of rotatable bonds is 3. The molecule has 0 spiro atoms. The summed E-state index contributed by atoms with van der Waals surface area (Å²) in [4.78, 5) is 4.23. The van der Waals surface area contributed by atoms with E-state index in [1.807, 2.05) is 10.6 Å². The van der Waals surface area contributed by atoms with Crippen molar-refractivity contribution in [1.29, 1.82) is 0 Å². The van der Waals surface area contributed by atoms with Gasteiger partial charge >= 0.3 is 0 Å². The van der Waals surface area contributed by atoms with E-state index in [9.17, 15) is 8.42 Å². The quantitative estimate of drug-likeness (QED) is 0.854. The Kier molecular flexibility index (Phi) is 2.85. The fourth-order valence-electron chi connectivity index (χ4n) is 1.73. The maximum Gasteiger partial charge on any atom is 0.154 e. The van der Waals surface area contributed by atoms with Crippen LogP contribution in [0.2, 0.25) is 0 Å². The van der Waals surface area contributed by atoms with Crippen LogP contribution in [0.15, 0.2) is 24.5 Å². The molecule has 0 fully saturated rings. The molecule has 0 aliphatic rings. The zero-order chi connectivity index (χ0) is 13.6. The van der Waals surface area contributed by atoms with E-state index < -0.39 is 14.6 Å². The summed E-state index contributed by atoms with van der Waals surface area (Å²) in [5.74, 6) is 0. The maximum atomic E-state index is 11.7. The largest absolute Gasteiger partial charge is 0.399 e. The van der Waals surface area contributed by atoms with Gasteiger partial charge in [0.1, 0.15) is 0 Å². The molecule has 0 atom stereocenters. The second-order valence-corrected chi connectivity index (χ2v) is 7.80. The Morgan fingerprint density at radius 1 is 1.39 bits per heavy atom. The monoisotopic (exact) mass is 267 g/mol. The Hall–Kier alpha value is -1.56. The molecule has 98 valence electrons. The number of hydrogen-bond donors (Lipinski definition) is 1. The van der Waals surface area contributed by atoms with Gasteiger partial charge in [0.2, 0.25) is 0 Å². The number of fused-ring (bicyclic) bond motifs is 1. The Morgan fingerprint density at radius 2 is 2.06 bits per heavy atom. The van der Waals surface area contributed by atoms with Crippen molar-refractivity contribution < 1.29 is 8.42 Å². The third kappa shape index (κ3) is 2.20. The molecule has 5 nitrogen and oxygen atoms in total. The third-order valence-corrected chi connectivity index (χ3v) is 5.34. The fourth-order valence-corrected chi connectivity index (χ4v) is 2.11. The summed E-state index contributed by atoms with van der Waals surface area (Å²) in [7, 11) is -3.13. The average molecular weight is 267 g/mol. The highest BCUT2D eigenvalue weighted by molar-refractivity contribution is 7.92. The zero-order valence-electron chi connectivity index (χ0n) is 10.7. The average Bonchev–Trinajstić information content (AvgIpc) is 2.58. The first-order valence-electron chi connectivity index (χ1n) is 5.61. The smallest absolute Gasteiger partial charge is 0.154 e. The van der Waals surface area contributed by atoms with Crippen molar-refractivity contribution in [2.24, 2.45) is 0 Å². The number of nitrogens with two attached hydrogens (primary N) is 1. The molecule has 1 aromatic heterocycles. The first-order valence-corrected chi connectivity index (χ1v) is 7.50. The van der Waals surface area contributed by atoms with Crippen molar-refractivity contribution in [2.75, 3.05) is 12.0 Å². The SMILES string of the molecule is CC(C)(Cn1cnc2cc(N)ccc21)S(C)(=O)=O. The number of aromatic nitrogens is 2. The molecule has 0 bridgehead atoms. The van der Waals surface area contributed by atoms with Gasteiger partial charge in [-0.2, -0.15) is 0 Å². The molecule has 0 saturated carbocycles. The van der Waals surface area contributed by atoms with Crippen LogP contribution in [0.4, 0.5) is 5.69 Å². The minimum Gasteiger partial charge on any atom is -0.399 e. The molecule has 2 rings (SSSR count). The second-order valence-electron chi connectivity index (χ2n) is 5.15. The van der Waals surface area contributed by atoms with Crippen molar-refractivity contribution in [2.45, 2.75) is 25.1 Å². The van der Waals surface area contributed by atoms with Gasteiger partial charge < -0.3 is 10.3 Å². The predicted molar refractivity (Wildman–Crippen MR) is 73.1 cm³/mol. The molecule has 0 aliphatic carbocycles. The van der Waals surface area contributed by atoms with Gasteiger partial charge in [0.15, 0.2) is 9.84 Å². The molecule has 2 N–H and O–H groups in total. The lowest BCUT2D eigenvalue weighted by atomic mass is 10.2. The van der Waals surface area contributed by atoms with Crippen LogP contribution in [0.3, 0.4) is 0 Å². The van der Waals surface area contributed by atoms with Gasteiger partial charge in [-0.15, -0.1) is 0 Å². The van der Waals surface area contributed by atoms with Crippen LogP contribution in [-0.4, -0.2) is 29.0 Å². The minimum absolute atomic E-state index is 0.367. The molecular formula is C12H17N3O2S. The van der Waals surface area contributed by atoms with E-state index in [0.29, 0.717) is 12.2 Å². The highest BCUT2D eigenvalue weighted by atomic mass is 32.2. The minimum atomic E-state index is -3.13. The van der Waals surface area contributed by atoms with Crippen molar-refractivity contribution in [1.82, 2.24) is 9.55 Å². The van der Waals surface area contributed by atoms with E-state index >= 15 is 0 Å². The molecule has 1 heterocycles. The Bertz CT molecular complexity index is 686. The van der Waals surface area contributed by atoms with Gasteiger partial charge in [0, 0.05) is 18.5 Å². The Labute approximate surface area is 107 Å². The van der Waals surface area contributed by atoms with Crippen LogP contribution >= 0.6 is 0 Å². The van der Waals surface area contributed by atoms with E-state index in [4.69, 9.17) is 5.73 Å². The molecule has 1 aromatic carbocycles. The highest BCUT2D eigenvalue weighted by Gasteiger charge is 2.31. The van der Waals surface area contributed by atoms with Crippen LogP contribution in [-0.2, 0) is 16.4 Å². The molecule has 0 unspecified atom stereocenters. The summed E-state index contributed by atoms with van der Waals surface area (Å²) in [6.07, 6.45) is 2.90. The fraction of sp³-hybridized carbons (Fsp3) is 0.417. The molecule has 2 aromatic rings. The van der Waals surface area contributed by atoms with Crippen LogP contribution in [0.5, 0.6) is 0 Å². The van der Waals surface area contributed by atoms with E-state index in [-0.39, 0.29) is 0 Å². The number of imidazole rings is 1. The molecule has 0 radical (unpaired) electrons. The topological polar surface area (TPSA) is 78.0 Å². The zero-order valence-corrected chi connectivity index (χ0v) is 11.5. The number of hydrogen-bond acceptors (Lipinski definition) is 4. The van der Waals surface area contributed by atoms with E-state index in [1.54, 1.807) is 32.3 Å². The van der Waals surface area contributed by atoms with E-state index in [1.165, 1.54) is 6.26 Å². The van der Waals surface area contributed by atoms with Crippen LogP contribution < -0.4 is 5.73 Å². The standard InChI is InChI=1S/C12H17N3O2S/c1-12(2,18(3,16)17)7-15-8-14-10-6-9(13)4-5-11(10)15/h4-6,8H,7,13H2,1-3H3. The molecule has 6 heteroatoms. The summed E-state index contributed by atoms with van der Waals surface area (Å²) in [6.45, 7) is 3.79. The number of benzene rings is 1. The Balaban J connectivity index is 2.45. The van der Waals surface area contributed by atoms with Gasteiger partial charge in [-0.25, -0.2) is 13.4 Å². The van der Waals surface area contributed by atoms with Gasteiger partial charge in [0.25, 0.3) is 0 Å².